The van der Waals surface area contributed by atoms with Crippen molar-refractivity contribution >= 4 is 27.6 Å². The van der Waals surface area contributed by atoms with Crippen LogP contribution in [0.2, 0.25) is 0 Å². The molecule has 0 saturated carbocycles. The number of carbonyl (C=O) groups excluding carboxylic acids is 1. The highest BCUT2D eigenvalue weighted by Gasteiger charge is 2.14. The summed E-state index contributed by atoms with van der Waals surface area (Å²) in [7, 11) is 4.65. The maximum atomic E-state index is 12.4. The third kappa shape index (κ3) is 4.85. The number of alkyl halides is 1. The topological polar surface area (TPSA) is 97.5 Å². The standard InChI is InChI=1S/C21H23BrN4O4/c1-28-17-7-13(8-18(29-2)20(17)30-3)11-23-21(27)25-16-6-4-5-14(9-16)19-15(10-22)12-24-26-19/h4-9,12H,10-11H2,1-3H3,(H,24,26)(H2,23,25,27). The number of nitrogens with one attached hydrogen (secondary N) is 3. The molecule has 30 heavy (non-hydrogen) atoms. The van der Waals surface area contributed by atoms with Crippen molar-refractivity contribution in [1.29, 1.82) is 0 Å². The molecular formula is C21H23BrN4O4. The molecule has 2 aromatic carbocycles. The Balaban J connectivity index is 1.68. The fourth-order valence-electron chi connectivity index (χ4n) is 3.01. The number of aromatic amines is 1. The summed E-state index contributed by atoms with van der Waals surface area (Å²) in [5, 5.41) is 13.5. The highest BCUT2D eigenvalue weighted by molar-refractivity contribution is 9.08. The van der Waals surface area contributed by atoms with Gasteiger partial charge in [-0.3, -0.25) is 5.10 Å². The number of hydrogen-bond donors (Lipinski definition) is 3. The SMILES string of the molecule is COc1cc(CNC(=O)Nc2cccc(-c3n[nH]cc3CBr)c2)cc(OC)c1OC. The van der Waals surface area contributed by atoms with Crippen LogP contribution in [0, 0.1) is 0 Å². The second-order valence-electron chi connectivity index (χ2n) is 6.31. The molecule has 9 heteroatoms. The molecule has 1 aromatic heterocycles. The van der Waals surface area contributed by atoms with Crippen LogP contribution in [0.4, 0.5) is 10.5 Å². The van der Waals surface area contributed by atoms with Crippen molar-refractivity contribution in [2.24, 2.45) is 0 Å². The highest BCUT2D eigenvalue weighted by atomic mass is 79.9. The van der Waals surface area contributed by atoms with E-state index in [9.17, 15) is 4.79 Å². The van der Waals surface area contributed by atoms with Crippen LogP contribution in [-0.4, -0.2) is 37.6 Å². The number of urea groups is 1. The van der Waals surface area contributed by atoms with Crippen LogP contribution >= 0.6 is 15.9 Å². The van der Waals surface area contributed by atoms with Gasteiger partial charge in [0.15, 0.2) is 11.5 Å². The molecule has 3 aromatic rings. The molecular weight excluding hydrogens is 452 g/mol. The lowest BCUT2D eigenvalue weighted by Crippen LogP contribution is -2.28. The molecule has 0 bridgehead atoms. The van der Waals surface area contributed by atoms with E-state index in [2.05, 4.69) is 36.8 Å². The molecule has 2 amide bonds. The number of carbonyl (C=O) groups is 1. The molecule has 0 fully saturated rings. The zero-order valence-corrected chi connectivity index (χ0v) is 18.5. The number of nitrogens with zero attached hydrogens (tertiary/aromatic N) is 1. The summed E-state index contributed by atoms with van der Waals surface area (Å²) in [6.07, 6.45) is 1.84. The smallest absolute Gasteiger partial charge is 0.319 e. The Kier molecular flexibility index (Phi) is 7.18. The molecule has 0 radical (unpaired) electrons. The summed E-state index contributed by atoms with van der Waals surface area (Å²) in [4.78, 5) is 12.4. The quantitative estimate of drug-likeness (QED) is 0.422. The number of halogens is 1. The van der Waals surface area contributed by atoms with Crippen molar-refractivity contribution in [3.8, 4) is 28.5 Å². The molecule has 0 aliphatic rings. The molecule has 0 spiro atoms. The molecule has 8 nitrogen and oxygen atoms in total. The van der Waals surface area contributed by atoms with Gasteiger partial charge >= 0.3 is 6.03 Å². The molecule has 0 atom stereocenters. The largest absolute Gasteiger partial charge is 0.493 e. The summed E-state index contributed by atoms with van der Waals surface area (Å²) in [6.45, 7) is 0.287. The fourth-order valence-corrected chi connectivity index (χ4v) is 3.43. The molecule has 1 heterocycles. The number of methoxy groups -OCH3 is 3. The van der Waals surface area contributed by atoms with Crippen molar-refractivity contribution in [2.45, 2.75) is 11.9 Å². The maximum Gasteiger partial charge on any atom is 0.319 e. The molecule has 0 aliphatic heterocycles. The number of amides is 2. The van der Waals surface area contributed by atoms with E-state index in [1.807, 2.05) is 30.5 Å². The number of H-pyrrole nitrogens is 1. The summed E-state index contributed by atoms with van der Waals surface area (Å²) in [6, 6.07) is 10.8. The van der Waals surface area contributed by atoms with E-state index >= 15 is 0 Å². The monoisotopic (exact) mass is 474 g/mol. The number of rotatable bonds is 8. The second-order valence-corrected chi connectivity index (χ2v) is 6.88. The first-order chi connectivity index (χ1) is 14.6. The zero-order chi connectivity index (χ0) is 21.5. The van der Waals surface area contributed by atoms with Gasteiger partial charge in [-0.1, -0.05) is 28.1 Å². The van der Waals surface area contributed by atoms with Gasteiger partial charge in [0.2, 0.25) is 5.75 Å². The second kappa shape index (κ2) is 10.0. The minimum atomic E-state index is -0.330. The van der Waals surface area contributed by atoms with E-state index in [1.165, 1.54) is 0 Å². The molecule has 3 rings (SSSR count). The van der Waals surface area contributed by atoms with Gasteiger partial charge in [0.05, 0.1) is 27.0 Å². The van der Waals surface area contributed by atoms with E-state index in [0.717, 1.165) is 22.4 Å². The Morgan fingerprint density at radius 2 is 1.83 bits per heavy atom. The van der Waals surface area contributed by atoms with Crippen LogP contribution in [0.25, 0.3) is 11.3 Å². The van der Waals surface area contributed by atoms with Crippen molar-refractivity contribution in [1.82, 2.24) is 15.5 Å². The van der Waals surface area contributed by atoms with Crippen LogP contribution < -0.4 is 24.8 Å². The number of ether oxygens (including phenoxy) is 3. The molecule has 0 aliphatic carbocycles. The summed E-state index contributed by atoms with van der Waals surface area (Å²) < 4.78 is 16.0. The Hall–Kier alpha value is -3.20. The molecule has 0 saturated heterocycles. The maximum absolute atomic E-state index is 12.4. The van der Waals surface area contributed by atoms with E-state index in [4.69, 9.17) is 14.2 Å². The Morgan fingerprint density at radius 3 is 2.47 bits per heavy atom. The average Bonchev–Trinajstić information content (AvgIpc) is 3.26. The number of aromatic nitrogens is 2. The van der Waals surface area contributed by atoms with Gasteiger partial charge in [0.25, 0.3) is 0 Å². The van der Waals surface area contributed by atoms with Crippen LogP contribution in [0.1, 0.15) is 11.1 Å². The van der Waals surface area contributed by atoms with Gasteiger partial charge in [-0.15, -0.1) is 0 Å². The van der Waals surface area contributed by atoms with E-state index in [-0.39, 0.29) is 12.6 Å². The van der Waals surface area contributed by atoms with E-state index in [0.29, 0.717) is 28.3 Å². The van der Waals surface area contributed by atoms with Crippen molar-refractivity contribution < 1.29 is 19.0 Å². The van der Waals surface area contributed by atoms with Crippen LogP contribution in [0.15, 0.2) is 42.6 Å². The normalized spacial score (nSPS) is 10.4. The minimum absolute atomic E-state index is 0.287. The first-order valence-corrected chi connectivity index (χ1v) is 10.2. The molecule has 0 unspecified atom stereocenters. The van der Waals surface area contributed by atoms with Crippen LogP contribution in [0.5, 0.6) is 17.2 Å². The summed E-state index contributed by atoms with van der Waals surface area (Å²) >= 11 is 3.45. The minimum Gasteiger partial charge on any atom is -0.493 e. The zero-order valence-electron chi connectivity index (χ0n) is 16.9. The summed E-state index contributed by atoms with van der Waals surface area (Å²) in [5.74, 6) is 1.57. The Bertz CT molecular complexity index is 997. The van der Waals surface area contributed by atoms with Crippen molar-refractivity contribution in [2.75, 3.05) is 26.6 Å². The van der Waals surface area contributed by atoms with Crippen LogP contribution in [-0.2, 0) is 11.9 Å². The van der Waals surface area contributed by atoms with Crippen molar-refractivity contribution in [3.63, 3.8) is 0 Å². The van der Waals surface area contributed by atoms with Gasteiger partial charge in [-0.25, -0.2) is 4.79 Å². The van der Waals surface area contributed by atoms with Gasteiger partial charge in [-0.05, 0) is 29.8 Å². The first kappa shape index (κ1) is 21.5. The highest BCUT2D eigenvalue weighted by Crippen LogP contribution is 2.38. The predicted octanol–water partition coefficient (Wildman–Crippen LogP) is 4.32. The van der Waals surface area contributed by atoms with Crippen LogP contribution in [0.3, 0.4) is 0 Å². The molecule has 3 N–H and O–H groups in total. The van der Waals surface area contributed by atoms with Gasteiger partial charge in [0, 0.05) is 34.9 Å². The fraction of sp³-hybridized carbons (Fsp3) is 0.238. The third-order valence-electron chi connectivity index (χ3n) is 4.43. The first-order valence-electron chi connectivity index (χ1n) is 9.12. The van der Waals surface area contributed by atoms with E-state index in [1.54, 1.807) is 33.5 Å². The molecule has 158 valence electrons. The Morgan fingerprint density at radius 1 is 1.10 bits per heavy atom. The van der Waals surface area contributed by atoms with E-state index < -0.39 is 0 Å². The van der Waals surface area contributed by atoms with Gasteiger partial charge in [0.1, 0.15) is 0 Å². The van der Waals surface area contributed by atoms with Gasteiger partial charge in [-0.2, -0.15) is 5.10 Å². The average molecular weight is 475 g/mol. The van der Waals surface area contributed by atoms with Gasteiger partial charge < -0.3 is 24.8 Å². The van der Waals surface area contributed by atoms with Crippen molar-refractivity contribution in [3.05, 3.63) is 53.7 Å². The Labute approximate surface area is 183 Å². The lowest BCUT2D eigenvalue weighted by Gasteiger charge is -2.14. The third-order valence-corrected chi connectivity index (χ3v) is 5.04. The number of benzene rings is 2. The summed E-state index contributed by atoms with van der Waals surface area (Å²) in [5.41, 5.74) is 4.27. The lowest BCUT2D eigenvalue weighted by atomic mass is 10.1. The lowest BCUT2D eigenvalue weighted by molar-refractivity contribution is 0.251. The predicted molar refractivity (Wildman–Crippen MR) is 119 cm³/mol. The number of hydrogen-bond acceptors (Lipinski definition) is 5. The number of anilines is 1.